The summed E-state index contributed by atoms with van der Waals surface area (Å²) in [4.78, 5) is 9.00. The molecule has 0 spiro atoms. The summed E-state index contributed by atoms with van der Waals surface area (Å²) < 4.78 is 12.2. The summed E-state index contributed by atoms with van der Waals surface area (Å²) in [7, 11) is 0. The zero-order chi connectivity index (χ0) is 22.5. The molecule has 4 nitrogen and oxygen atoms in total. The summed E-state index contributed by atoms with van der Waals surface area (Å²) in [5.74, 6) is 0.681. The lowest BCUT2D eigenvalue weighted by Gasteiger charge is -2.03. The van der Waals surface area contributed by atoms with Gasteiger partial charge in [0.25, 0.3) is 0 Å². The van der Waals surface area contributed by atoms with E-state index in [9.17, 15) is 0 Å². The molecule has 0 fully saturated rings. The van der Waals surface area contributed by atoms with Gasteiger partial charge in [-0.2, -0.15) is 0 Å². The molecule has 3 aromatic carbocycles. The van der Waals surface area contributed by atoms with Crippen molar-refractivity contribution in [3.05, 3.63) is 96.5 Å². The highest BCUT2D eigenvalue weighted by Gasteiger charge is 2.19. The standard InChI is InChI=1S/C28H17ClN2O2/c1-3-19-20-12-10-18(15-24(20)32-22(19)4-2)25-27-26(31-28(29)30-25)21-14-17(11-13-23(21)33-27)16-8-6-5-7-9-16/h3-15H,1-2H2. The average Bonchev–Trinajstić information content (AvgIpc) is 3.40. The molecule has 0 aliphatic rings. The van der Waals surface area contributed by atoms with E-state index in [4.69, 9.17) is 20.4 Å². The molecule has 3 heterocycles. The first-order chi connectivity index (χ1) is 16.2. The molecule has 0 atom stereocenters. The predicted octanol–water partition coefficient (Wildman–Crippen LogP) is 8.40. The van der Waals surface area contributed by atoms with Gasteiger partial charge in [0.1, 0.15) is 28.1 Å². The van der Waals surface area contributed by atoms with Crippen LogP contribution in [-0.4, -0.2) is 9.97 Å². The third kappa shape index (κ3) is 3.07. The van der Waals surface area contributed by atoms with E-state index in [1.165, 1.54) is 0 Å². The molecule has 0 N–H and O–H groups in total. The van der Waals surface area contributed by atoms with E-state index in [1.54, 1.807) is 12.2 Å². The van der Waals surface area contributed by atoms with Gasteiger partial charge in [-0.3, -0.25) is 0 Å². The van der Waals surface area contributed by atoms with Crippen molar-refractivity contribution >= 4 is 56.8 Å². The molecule has 0 bridgehead atoms. The van der Waals surface area contributed by atoms with Crippen molar-refractivity contribution in [2.75, 3.05) is 0 Å². The van der Waals surface area contributed by atoms with Crippen LogP contribution < -0.4 is 0 Å². The van der Waals surface area contributed by atoms with Gasteiger partial charge in [0.2, 0.25) is 5.28 Å². The fourth-order valence-electron chi connectivity index (χ4n) is 4.27. The number of furan rings is 2. The number of aromatic nitrogens is 2. The van der Waals surface area contributed by atoms with Crippen LogP contribution in [0.3, 0.4) is 0 Å². The Kier molecular flexibility index (Phi) is 4.42. The third-order valence-corrected chi connectivity index (χ3v) is 5.98. The Morgan fingerprint density at radius 1 is 0.727 bits per heavy atom. The fraction of sp³-hybridized carbons (Fsp3) is 0. The summed E-state index contributed by atoms with van der Waals surface area (Å²) in [6, 6.07) is 22.1. The maximum absolute atomic E-state index is 6.37. The monoisotopic (exact) mass is 448 g/mol. The van der Waals surface area contributed by atoms with Crippen molar-refractivity contribution in [2.45, 2.75) is 0 Å². The molecule has 0 unspecified atom stereocenters. The van der Waals surface area contributed by atoms with Crippen molar-refractivity contribution in [2.24, 2.45) is 0 Å². The molecular formula is C28H17ClN2O2. The molecule has 0 aliphatic carbocycles. The molecule has 3 aromatic heterocycles. The molecule has 158 valence electrons. The summed E-state index contributed by atoms with van der Waals surface area (Å²) in [5, 5.41) is 2.00. The first kappa shape index (κ1) is 19.5. The van der Waals surface area contributed by atoms with Crippen molar-refractivity contribution in [1.29, 1.82) is 0 Å². The van der Waals surface area contributed by atoms with E-state index in [-0.39, 0.29) is 5.28 Å². The van der Waals surface area contributed by atoms with Crippen molar-refractivity contribution in [3.63, 3.8) is 0 Å². The van der Waals surface area contributed by atoms with Crippen LogP contribution in [0.4, 0.5) is 0 Å². The topological polar surface area (TPSA) is 52.1 Å². The Hall–Kier alpha value is -4.15. The summed E-state index contributed by atoms with van der Waals surface area (Å²) in [5.41, 5.74) is 7.23. The zero-order valence-corrected chi connectivity index (χ0v) is 18.3. The number of halogens is 1. The van der Waals surface area contributed by atoms with Gasteiger partial charge in [-0.15, -0.1) is 0 Å². The summed E-state index contributed by atoms with van der Waals surface area (Å²) in [6.45, 7) is 7.71. The van der Waals surface area contributed by atoms with Crippen molar-refractivity contribution in [1.82, 2.24) is 9.97 Å². The largest absolute Gasteiger partial charge is 0.456 e. The Labute approximate surface area is 194 Å². The lowest BCUT2D eigenvalue weighted by molar-refractivity contribution is 0.603. The second kappa shape index (κ2) is 7.47. The fourth-order valence-corrected chi connectivity index (χ4v) is 4.44. The second-order valence-electron chi connectivity index (χ2n) is 7.70. The molecule has 6 aromatic rings. The highest BCUT2D eigenvalue weighted by atomic mass is 35.5. The van der Waals surface area contributed by atoms with Crippen molar-refractivity contribution < 1.29 is 8.83 Å². The Morgan fingerprint density at radius 2 is 1.55 bits per heavy atom. The number of fused-ring (bicyclic) bond motifs is 4. The quantitative estimate of drug-likeness (QED) is 0.254. The highest BCUT2D eigenvalue weighted by Crippen LogP contribution is 2.38. The molecule has 33 heavy (non-hydrogen) atoms. The van der Waals surface area contributed by atoms with E-state index in [1.807, 2.05) is 48.5 Å². The van der Waals surface area contributed by atoms with E-state index >= 15 is 0 Å². The van der Waals surface area contributed by atoms with Crippen molar-refractivity contribution in [3.8, 4) is 22.4 Å². The highest BCUT2D eigenvalue weighted by molar-refractivity contribution is 6.29. The van der Waals surface area contributed by atoms with Gasteiger partial charge in [-0.25, -0.2) is 9.97 Å². The van der Waals surface area contributed by atoms with Crippen LogP contribution in [0.25, 0.3) is 67.6 Å². The van der Waals surface area contributed by atoms with Crippen LogP contribution in [0.2, 0.25) is 5.28 Å². The number of rotatable bonds is 4. The minimum Gasteiger partial charge on any atom is -0.456 e. The maximum Gasteiger partial charge on any atom is 0.223 e. The Bertz CT molecular complexity index is 1710. The van der Waals surface area contributed by atoms with Gasteiger partial charge in [0.15, 0.2) is 5.58 Å². The van der Waals surface area contributed by atoms with Crippen LogP contribution in [0.5, 0.6) is 0 Å². The maximum atomic E-state index is 6.37. The molecular weight excluding hydrogens is 432 g/mol. The van der Waals surface area contributed by atoms with Gasteiger partial charge >= 0.3 is 0 Å². The van der Waals surface area contributed by atoms with Gasteiger partial charge < -0.3 is 8.83 Å². The van der Waals surface area contributed by atoms with Crippen LogP contribution in [-0.2, 0) is 0 Å². The molecule has 6 rings (SSSR count). The Morgan fingerprint density at radius 3 is 2.33 bits per heavy atom. The average molecular weight is 449 g/mol. The Balaban J connectivity index is 1.59. The third-order valence-electron chi connectivity index (χ3n) is 5.81. The van der Waals surface area contributed by atoms with Gasteiger partial charge in [-0.1, -0.05) is 61.7 Å². The molecule has 5 heteroatoms. The first-order valence-electron chi connectivity index (χ1n) is 10.4. The van der Waals surface area contributed by atoms with Crippen LogP contribution in [0.15, 0.2) is 88.7 Å². The summed E-state index contributed by atoms with van der Waals surface area (Å²) >= 11 is 6.37. The minimum absolute atomic E-state index is 0.156. The molecule has 0 amide bonds. The zero-order valence-electron chi connectivity index (χ0n) is 17.5. The van der Waals surface area contributed by atoms with Gasteiger partial charge in [-0.05, 0) is 53.1 Å². The minimum atomic E-state index is 0.156. The number of hydrogen-bond acceptors (Lipinski definition) is 4. The lowest BCUT2D eigenvalue weighted by Crippen LogP contribution is -1.89. The second-order valence-corrected chi connectivity index (χ2v) is 8.04. The smallest absolute Gasteiger partial charge is 0.223 e. The van der Waals surface area contributed by atoms with Gasteiger partial charge in [0.05, 0.1) is 0 Å². The van der Waals surface area contributed by atoms with Crippen LogP contribution in [0.1, 0.15) is 11.3 Å². The molecule has 0 aliphatic heterocycles. The van der Waals surface area contributed by atoms with E-state index < -0.39 is 0 Å². The van der Waals surface area contributed by atoms with E-state index in [2.05, 4.69) is 41.3 Å². The predicted molar refractivity (Wildman–Crippen MR) is 135 cm³/mol. The number of hydrogen-bond donors (Lipinski definition) is 0. The SMILES string of the molecule is C=Cc1oc2cc(-c3nc(Cl)nc4c3oc3ccc(-c5ccccc5)cc34)ccc2c1C=C. The lowest BCUT2D eigenvalue weighted by atomic mass is 10.0. The van der Waals surface area contributed by atoms with E-state index in [0.29, 0.717) is 28.1 Å². The van der Waals surface area contributed by atoms with E-state index in [0.717, 1.165) is 38.6 Å². The molecule has 0 saturated carbocycles. The number of benzene rings is 3. The molecule has 0 saturated heterocycles. The van der Waals surface area contributed by atoms with Crippen LogP contribution >= 0.6 is 11.6 Å². The normalized spacial score (nSPS) is 11.4. The summed E-state index contributed by atoms with van der Waals surface area (Å²) in [6.07, 6.45) is 3.45. The van der Waals surface area contributed by atoms with Crippen LogP contribution in [0, 0.1) is 0 Å². The first-order valence-corrected chi connectivity index (χ1v) is 10.8. The number of nitrogens with zero attached hydrogens (tertiary/aromatic N) is 2. The van der Waals surface area contributed by atoms with Gasteiger partial charge in [0, 0.05) is 21.9 Å². The molecule has 0 radical (unpaired) electrons.